The van der Waals surface area contributed by atoms with Crippen molar-refractivity contribution < 1.29 is 14.3 Å². The molecular weight excluding hydrogens is 353 g/mol. The summed E-state index contributed by atoms with van der Waals surface area (Å²) in [6.45, 7) is 0. The van der Waals surface area contributed by atoms with E-state index in [0.717, 1.165) is 5.56 Å². The zero-order chi connectivity index (χ0) is 17.5. The van der Waals surface area contributed by atoms with Crippen molar-refractivity contribution in [3.8, 4) is 5.75 Å². The van der Waals surface area contributed by atoms with Gasteiger partial charge in [-0.1, -0.05) is 23.2 Å². The van der Waals surface area contributed by atoms with Crippen molar-refractivity contribution >= 4 is 46.9 Å². The minimum Gasteiger partial charge on any atom is -0.497 e. The summed E-state index contributed by atoms with van der Waals surface area (Å²) in [5.74, 6) is -1.10. The standard InChI is InChI=1S/C16H13Cl2N3O3/c1-24-14-4-2-10(3-5-14)9-19-21-16(23)15(22)20-13-7-11(17)6-12(18)8-13/h2-9H,1H3,(H,20,22)(H,21,23)/b19-9-. The number of benzene rings is 2. The number of ether oxygens (including phenoxy) is 1. The van der Waals surface area contributed by atoms with E-state index >= 15 is 0 Å². The van der Waals surface area contributed by atoms with E-state index in [1.165, 1.54) is 24.4 Å². The summed E-state index contributed by atoms with van der Waals surface area (Å²) in [6, 6.07) is 11.5. The minimum absolute atomic E-state index is 0.312. The molecule has 0 saturated carbocycles. The molecule has 8 heteroatoms. The van der Waals surface area contributed by atoms with Crippen molar-refractivity contribution in [3.63, 3.8) is 0 Å². The third-order valence-electron chi connectivity index (χ3n) is 2.82. The largest absolute Gasteiger partial charge is 0.497 e. The van der Waals surface area contributed by atoms with E-state index in [0.29, 0.717) is 21.5 Å². The fourth-order valence-electron chi connectivity index (χ4n) is 1.72. The van der Waals surface area contributed by atoms with Gasteiger partial charge in [0.2, 0.25) is 0 Å². The number of carbonyl (C=O) groups excluding carboxylic acids is 2. The molecule has 6 nitrogen and oxygen atoms in total. The molecule has 124 valence electrons. The Morgan fingerprint density at radius 1 is 1.04 bits per heavy atom. The molecule has 0 aliphatic rings. The molecule has 0 aromatic heterocycles. The fourth-order valence-corrected chi connectivity index (χ4v) is 2.25. The first-order valence-corrected chi connectivity index (χ1v) is 7.48. The molecule has 0 radical (unpaired) electrons. The van der Waals surface area contributed by atoms with Crippen LogP contribution in [0.4, 0.5) is 5.69 Å². The fraction of sp³-hybridized carbons (Fsp3) is 0.0625. The molecule has 0 aliphatic heterocycles. The maximum Gasteiger partial charge on any atom is 0.329 e. The van der Waals surface area contributed by atoms with Gasteiger partial charge in [-0.2, -0.15) is 5.10 Å². The van der Waals surface area contributed by atoms with E-state index < -0.39 is 11.8 Å². The van der Waals surface area contributed by atoms with E-state index in [4.69, 9.17) is 27.9 Å². The minimum atomic E-state index is -0.921. The number of amides is 2. The van der Waals surface area contributed by atoms with Crippen molar-refractivity contribution in [3.05, 3.63) is 58.1 Å². The van der Waals surface area contributed by atoms with Crippen LogP contribution in [0.25, 0.3) is 0 Å². The van der Waals surface area contributed by atoms with Gasteiger partial charge < -0.3 is 10.1 Å². The lowest BCUT2D eigenvalue weighted by Crippen LogP contribution is -2.32. The van der Waals surface area contributed by atoms with Gasteiger partial charge in [-0.25, -0.2) is 5.43 Å². The number of halogens is 2. The molecule has 0 saturated heterocycles. The van der Waals surface area contributed by atoms with Crippen molar-refractivity contribution in [1.29, 1.82) is 0 Å². The Bertz CT molecular complexity index is 756. The predicted molar refractivity (Wildman–Crippen MR) is 93.8 cm³/mol. The average molecular weight is 366 g/mol. The van der Waals surface area contributed by atoms with Crippen LogP contribution in [0.2, 0.25) is 10.0 Å². The quantitative estimate of drug-likeness (QED) is 0.496. The van der Waals surface area contributed by atoms with Gasteiger partial charge in [0.15, 0.2) is 0 Å². The van der Waals surface area contributed by atoms with Crippen molar-refractivity contribution in [2.75, 3.05) is 12.4 Å². The Hall–Kier alpha value is -2.57. The Balaban J connectivity index is 1.91. The SMILES string of the molecule is COc1ccc(/C=N\NC(=O)C(=O)Nc2cc(Cl)cc(Cl)c2)cc1. The van der Waals surface area contributed by atoms with Crippen LogP contribution in [-0.2, 0) is 9.59 Å². The third-order valence-corrected chi connectivity index (χ3v) is 3.26. The summed E-state index contributed by atoms with van der Waals surface area (Å²) in [5.41, 5.74) is 3.18. The van der Waals surface area contributed by atoms with Gasteiger partial charge in [0, 0.05) is 15.7 Å². The summed E-state index contributed by atoms with van der Waals surface area (Å²) < 4.78 is 5.03. The van der Waals surface area contributed by atoms with E-state index in [9.17, 15) is 9.59 Å². The Morgan fingerprint density at radius 2 is 1.67 bits per heavy atom. The Kier molecular flexibility index (Phi) is 6.17. The van der Waals surface area contributed by atoms with Gasteiger partial charge in [0.25, 0.3) is 0 Å². The summed E-state index contributed by atoms with van der Waals surface area (Å²) in [4.78, 5) is 23.4. The number of hydrogen-bond acceptors (Lipinski definition) is 4. The van der Waals surface area contributed by atoms with E-state index in [1.54, 1.807) is 31.4 Å². The van der Waals surface area contributed by atoms with Crippen molar-refractivity contribution in [2.45, 2.75) is 0 Å². The van der Waals surface area contributed by atoms with Gasteiger partial charge in [-0.15, -0.1) is 0 Å². The van der Waals surface area contributed by atoms with Crippen LogP contribution in [0.1, 0.15) is 5.56 Å². The number of rotatable bonds is 4. The Labute approximate surface area is 148 Å². The second-order valence-electron chi connectivity index (χ2n) is 4.58. The summed E-state index contributed by atoms with van der Waals surface area (Å²) in [5, 5.41) is 6.78. The number of hydrazone groups is 1. The third kappa shape index (κ3) is 5.26. The number of nitrogens with one attached hydrogen (secondary N) is 2. The molecule has 0 heterocycles. The monoisotopic (exact) mass is 365 g/mol. The number of nitrogens with zero attached hydrogens (tertiary/aromatic N) is 1. The Morgan fingerprint density at radius 3 is 2.25 bits per heavy atom. The zero-order valence-corrected chi connectivity index (χ0v) is 14.1. The summed E-state index contributed by atoms with van der Waals surface area (Å²) in [6.07, 6.45) is 1.40. The van der Waals surface area contributed by atoms with Crippen LogP contribution in [0.3, 0.4) is 0 Å². The van der Waals surface area contributed by atoms with Crippen LogP contribution in [0, 0.1) is 0 Å². The molecule has 2 N–H and O–H groups in total. The molecule has 0 fully saturated rings. The zero-order valence-electron chi connectivity index (χ0n) is 12.5. The maximum atomic E-state index is 11.8. The molecule has 0 atom stereocenters. The second kappa shape index (κ2) is 8.33. The highest BCUT2D eigenvalue weighted by atomic mass is 35.5. The van der Waals surface area contributed by atoms with Gasteiger partial charge in [0.1, 0.15) is 5.75 Å². The molecule has 0 spiro atoms. The molecule has 2 rings (SSSR count). The van der Waals surface area contributed by atoms with Crippen LogP contribution in [0.15, 0.2) is 47.6 Å². The smallest absolute Gasteiger partial charge is 0.329 e. The maximum absolute atomic E-state index is 11.8. The van der Waals surface area contributed by atoms with Crippen LogP contribution in [-0.4, -0.2) is 25.1 Å². The lowest BCUT2D eigenvalue weighted by molar-refractivity contribution is -0.136. The van der Waals surface area contributed by atoms with Crippen LogP contribution in [0.5, 0.6) is 5.75 Å². The molecule has 2 aromatic rings. The van der Waals surface area contributed by atoms with Crippen molar-refractivity contribution in [2.24, 2.45) is 5.10 Å². The predicted octanol–water partition coefficient (Wildman–Crippen LogP) is 3.09. The van der Waals surface area contributed by atoms with Gasteiger partial charge in [-0.05, 0) is 48.0 Å². The van der Waals surface area contributed by atoms with E-state index in [-0.39, 0.29) is 0 Å². The first-order chi connectivity index (χ1) is 11.5. The highest BCUT2D eigenvalue weighted by molar-refractivity contribution is 6.40. The lowest BCUT2D eigenvalue weighted by atomic mass is 10.2. The number of hydrogen-bond donors (Lipinski definition) is 2. The topological polar surface area (TPSA) is 79.8 Å². The molecule has 0 unspecified atom stereocenters. The number of carbonyl (C=O) groups is 2. The first-order valence-electron chi connectivity index (χ1n) is 6.72. The number of anilines is 1. The molecule has 2 amide bonds. The average Bonchev–Trinajstić information content (AvgIpc) is 2.54. The molecular formula is C16H13Cl2N3O3. The number of methoxy groups -OCH3 is 1. The van der Waals surface area contributed by atoms with Gasteiger partial charge in [-0.3, -0.25) is 9.59 Å². The van der Waals surface area contributed by atoms with Crippen LogP contribution >= 0.6 is 23.2 Å². The highest BCUT2D eigenvalue weighted by Crippen LogP contribution is 2.22. The first kappa shape index (κ1) is 17.8. The lowest BCUT2D eigenvalue weighted by Gasteiger charge is -2.05. The van der Waals surface area contributed by atoms with Crippen molar-refractivity contribution in [1.82, 2.24) is 5.43 Å². The normalized spacial score (nSPS) is 10.5. The molecule has 24 heavy (non-hydrogen) atoms. The van der Waals surface area contributed by atoms with E-state index in [2.05, 4.69) is 15.8 Å². The molecule has 2 aromatic carbocycles. The molecule has 0 bridgehead atoms. The van der Waals surface area contributed by atoms with E-state index in [1.807, 2.05) is 0 Å². The molecule has 0 aliphatic carbocycles. The summed E-state index contributed by atoms with van der Waals surface area (Å²) in [7, 11) is 1.56. The second-order valence-corrected chi connectivity index (χ2v) is 5.46. The van der Waals surface area contributed by atoms with Crippen LogP contribution < -0.4 is 15.5 Å². The highest BCUT2D eigenvalue weighted by Gasteiger charge is 2.13. The van der Waals surface area contributed by atoms with Gasteiger partial charge in [0.05, 0.1) is 13.3 Å². The summed E-state index contributed by atoms with van der Waals surface area (Å²) >= 11 is 11.6. The van der Waals surface area contributed by atoms with Gasteiger partial charge >= 0.3 is 11.8 Å².